The lowest BCUT2D eigenvalue weighted by molar-refractivity contribution is 0.0988. The second-order valence-corrected chi connectivity index (χ2v) is 6.25. The fourth-order valence-corrected chi connectivity index (χ4v) is 2.99. The van der Waals surface area contributed by atoms with Crippen molar-refractivity contribution in [3.05, 3.63) is 77.6 Å². The number of nitrogens with zero attached hydrogens (tertiary/aromatic N) is 3. The van der Waals surface area contributed by atoms with Gasteiger partial charge < -0.3 is 10.2 Å². The third-order valence-corrected chi connectivity index (χ3v) is 4.56. The summed E-state index contributed by atoms with van der Waals surface area (Å²) in [5, 5.41) is 3.32. The Hall–Kier alpha value is -3.21. The van der Waals surface area contributed by atoms with Crippen molar-refractivity contribution in [2.75, 3.05) is 17.3 Å². The van der Waals surface area contributed by atoms with Crippen molar-refractivity contribution in [1.82, 2.24) is 9.97 Å². The number of para-hydroxylation sites is 2. The summed E-state index contributed by atoms with van der Waals surface area (Å²) >= 11 is 0. The van der Waals surface area contributed by atoms with Crippen LogP contribution in [0.15, 0.2) is 60.8 Å². The Morgan fingerprint density at radius 3 is 2.26 bits per heavy atom. The van der Waals surface area contributed by atoms with Gasteiger partial charge in [-0.25, -0.2) is 9.97 Å². The number of amides is 1. The Balaban J connectivity index is 1.88. The molecule has 0 bridgehead atoms. The minimum atomic E-state index is -0.175. The van der Waals surface area contributed by atoms with Gasteiger partial charge in [0.25, 0.3) is 5.91 Å². The molecule has 0 saturated carbocycles. The van der Waals surface area contributed by atoms with Gasteiger partial charge in [-0.3, -0.25) is 4.79 Å². The van der Waals surface area contributed by atoms with Gasteiger partial charge in [-0.2, -0.15) is 0 Å². The molecule has 1 amide bonds. The zero-order valence-corrected chi connectivity index (χ0v) is 15.9. The molecule has 138 valence electrons. The molecule has 1 aromatic heterocycles. The monoisotopic (exact) mass is 360 g/mol. The van der Waals surface area contributed by atoms with E-state index in [1.807, 2.05) is 30.3 Å². The van der Waals surface area contributed by atoms with Gasteiger partial charge in [-0.1, -0.05) is 50.2 Å². The number of rotatable bonds is 6. The third kappa shape index (κ3) is 4.14. The van der Waals surface area contributed by atoms with E-state index in [-0.39, 0.29) is 5.91 Å². The maximum atomic E-state index is 12.8. The van der Waals surface area contributed by atoms with E-state index < -0.39 is 0 Å². The third-order valence-electron chi connectivity index (χ3n) is 4.56. The molecule has 3 rings (SSSR count). The van der Waals surface area contributed by atoms with Crippen molar-refractivity contribution in [3.8, 4) is 0 Å². The number of carbonyl (C=O) groups excluding carboxylic acids is 1. The fraction of sp³-hybridized carbons (Fsp3) is 0.227. The van der Waals surface area contributed by atoms with Gasteiger partial charge in [0.15, 0.2) is 0 Å². The van der Waals surface area contributed by atoms with Crippen LogP contribution in [0.5, 0.6) is 0 Å². The maximum absolute atomic E-state index is 12.8. The molecule has 2 aromatic carbocycles. The fourth-order valence-electron chi connectivity index (χ4n) is 2.99. The average molecular weight is 360 g/mol. The standard InChI is InChI=1S/C22H24N4O/c1-4-16-10-9-11-17(5-2)20(16)25-22-23-15-14-19(24-22)21(27)26(3)18-12-7-6-8-13-18/h6-15H,4-5H2,1-3H3,(H,23,24,25). The maximum Gasteiger partial charge on any atom is 0.276 e. The molecular formula is C22H24N4O. The molecule has 27 heavy (non-hydrogen) atoms. The molecule has 5 heteroatoms. The summed E-state index contributed by atoms with van der Waals surface area (Å²) < 4.78 is 0. The van der Waals surface area contributed by atoms with E-state index in [9.17, 15) is 4.79 Å². The topological polar surface area (TPSA) is 58.1 Å². The van der Waals surface area contributed by atoms with Gasteiger partial charge in [-0.05, 0) is 42.2 Å². The smallest absolute Gasteiger partial charge is 0.276 e. The van der Waals surface area contributed by atoms with Crippen molar-refractivity contribution in [2.45, 2.75) is 26.7 Å². The largest absolute Gasteiger partial charge is 0.324 e. The summed E-state index contributed by atoms with van der Waals surface area (Å²) in [6.45, 7) is 4.24. The average Bonchev–Trinajstić information content (AvgIpc) is 2.73. The van der Waals surface area contributed by atoms with E-state index in [1.165, 1.54) is 11.1 Å². The highest BCUT2D eigenvalue weighted by atomic mass is 16.2. The Morgan fingerprint density at radius 1 is 0.963 bits per heavy atom. The summed E-state index contributed by atoms with van der Waals surface area (Å²) in [7, 11) is 1.74. The normalized spacial score (nSPS) is 10.5. The minimum absolute atomic E-state index is 0.175. The highest BCUT2D eigenvalue weighted by Crippen LogP contribution is 2.25. The number of anilines is 3. The lowest BCUT2D eigenvalue weighted by Gasteiger charge is -2.18. The van der Waals surface area contributed by atoms with Gasteiger partial charge in [0.1, 0.15) is 5.69 Å². The second-order valence-electron chi connectivity index (χ2n) is 6.25. The summed E-state index contributed by atoms with van der Waals surface area (Å²) in [5.74, 6) is 0.254. The Labute approximate surface area is 160 Å². The predicted octanol–water partition coefficient (Wildman–Crippen LogP) is 4.62. The first kappa shape index (κ1) is 18.6. The number of nitrogens with one attached hydrogen (secondary N) is 1. The SMILES string of the molecule is CCc1cccc(CC)c1Nc1nccc(C(=O)N(C)c2ccccc2)n1. The first-order valence-electron chi connectivity index (χ1n) is 9.18. The first-order chi connectivity index (χ1) is 13.1. The van der Waals surface area contributed by atoms with Crippen molar-refractivity contribution in [1.29, 1.82) is 0 Å². The second kappa shape index (κ2) is 8.45. The van der Waals surface area contributed by atoms with Crippen LogP contribution in [0.2, 0.25) is 0 Å². The molecule has 1 heterocycles. The van der Waals surface area contributed by atoms with Crippen LogP contribution in [0.4, 0.5) is 17.3 Å². The summed E-state index contributed by atoms with van der Waals surface area (Å²) in [6.07, 6.45) is 3.43. The van der Waals surface area contributed by atoms with E-state index in [1.54, 1.807) is 24.2 Å². The molecule has 0 aliphatic rings. The number of benzene rings is 2. The molecule has 1 N–H and O–H groups in total. The number of aromatic nitrogens is 2. The number of aryl methyl sites for hydroxylation is 2. The lowest BCUT2D eigenvalue weighted by atomic mass is 10.0. The quantitative estimate of drug-likeness (QED) is 0.697. The first-order valence-corrected chi connectivity index (χ1v) is 9.18. The molecular weight excluding hydrogens is 336 g/mol. The van der Waals surface area contributed by atoms with Gasteiger partial charge in [0.05, 0.1) is 0 Å². The lowest BCUT2D eigenvalue weighted by Crippen LogP contribution is -2.27. The zero-order valence-electron chi connectivity index (χ0n) is 15.9. The van der Waals surface area contributed by atoms with Crippen molar-refractivity contribution < 1.29 is 4.79 Å². The van der Waals surface area contributed by atoms with Gasteiger partial charge in [-0.15, -0.1) is 0 Å². The van der Waals surface area contributed by atoms with Crippen LogP contribution in [0.25, 0.3) is 0 Å². The van der Waals surface area contributed by atoms with E-state index >= 15 is 0 Å². The molecule has 0 aliphatic carbocycles. The van der Waals surface area contributed by atoms with E-state index in [4.69, 9.17) is 0 Å². The molecule has 0 unspecified atom stereocenters. The Kier molecular flexibility index (Phi) is 5.81. The van der Waals surface area contributed by atoms with Crippen molar-refractivity contribution >= 4 is 23.2 Å². The number of carbonyl (C=O) groups is 1. The summed E-state index contributed by atoms with van der Waals surface area (Å²) in [6, 6.07) is 17.4. The van der Waals surface area contributed by atoms with Gasteiger partial charge >= 0.3 is 0 Å². The van der Waals surface area contributed by atoms with Crippen LogP contribution in [0, 0.1) is 0 Å². The van der Waals surface area contributed by atoms with Crippen LogP contribution in [0.3, 0.4) is 0 Å². The number of hydrogen-bond acceptors (Lipinski definition) is 4. The number of hydrogen-bond donors (Lipinski definition) is 1. The zero-order chi connectivity index (χ0) is 19.2. The van der Waals surface area contributed by atoms with E-state index in [0.29, 0.717) is 11.6 Å². The van der Waals surface area contributed by atoms with Crippen LogP contribution < -0.4 is 10.2 Å². The molecule has 0 radical (unpaired) electrons. The molecule has 0 atom stereocenters. The Bertz CT molecular complexity index is 902. The molecule has 3 aromatic rings. The van der Waals surface area contributed by atoms with E-state index in [0.717, 1.165) is 24.2 Å². The summed E-state index contributed by atoms with van der Waals surface area (Å²) in [4.78, 5) is 23.1. The van der Waals surface area contributed by atoms with Crippen LogP contribution in [-0.2, 0) is 12.8 Å². The molecule has 5 nitrogen and oxygen atoms in total. The van der Waals surface area contributed by atoms with Crippen LogP contribution in [0.1, 0.15) is 35.5 Å². The van der Waals surface area contributed by atoms with Gasteiger partial charge in [0.2, 0.25) is 5.95 Å². The summed E-state index contributed by atoms with van der Waals surface area (Å²) in [5.41, 5.74) is 4.61. The van der Waals surface area contributed by atoms with Crippen molar-refractivity contribution in [3.63, 3.8) is 0 Å². The molecule has 0 saturated heterocycles. The van der Waals surface area contributed by atoms with Crippen molar-refractivity contribution in [2.24, 2.45) is 0 Å². The Morgan fingerprint density at radius 2 is 1.63 bits per heavy atom. The van der Waals surface area contributed by atoms with Crippen LogP contribution in [-0.4, -0.2) is 22.9 Å². The molecule has 0 spiro atoms. The van der Waals surface area contributed by atoms with Gasteiger partial charge in [0, 0.05) is 24.6 Å². The predicted molar refractivity (Wildman–Crippen MR) is 110 cm³/mol. The molecule has 0 fully saturated rings. The minimum Gasteiger partial charge on any atom is -0.324 e. The molecule has 0 aliphatic heterocycles. The highest BCUT2D eigenvalue weighted by Gasteiger charge is 2.16. The highest BCUT2D eigenvalue weighted by molar-refractivity contribution is 6.04. The van der Waals surface area contributed by atoms with E-state index in [2.05, 4.69) is 47.3 Å². The van der Waals surface area contributed by atoms with Crippen LogP contribution >= 0.6 is 0 Å².